The average Bonchev–Trinajstić information content (AvgIpc) is 3.41. The Balaban J connectivity index is 1.34. The third-order valence-corrected chi connectivity index (χ3v) is 6.03. The van der Waals surface area contributed by atoms with E-state index in [1.54, 1.807) is 41.8 Å². The quantitative estimate of drug-likeness (QED) is 0.709. The van der Waals surface area contributed by atoms with Crippen molar-refractivity contribution in [3.63, 3.8) is 0 Å². The van der Waals surface area contributed by atoms with Crippen LogP contribution in [0.3, 0.4) is 0 Å². The van der Waals surface area contributed by atoms with Crippen LogP contribution in [-0.4, -0.2) is 41.0 Å². The maximum absolute atomic E-state index is 13.2. The summed E-state index contributed by atoms with van der Waals surface area (Å²) in [7, 11) is 0. The molecule has 0 aliphatic carbocycles. The molecule has 2 aliphatic heterocycles. The van der Waals surface area contributed by atoms with Crippen LogP contribution in [0.15, 0.2) is 73.3 Å². The zero-order chi connectivity index (χ0) is 21.3. The van der Waals surface area contributed by atoms with Gasteiger partial charge in [-0.05, 0) is 47.9 Å². The molecule has 4 heterocycles. The van der Waals surface area contributed by atoms with Gasteiger partial charge in [-0.15, -0.1) is 0 Å². The van der Waals surface area contributed by atoms with Crippen LogP contribution in [0, 0.1) is 0 Å². The number of nitrogens with zero attached hydrogens (tertiary/aromatic N) is 3. The van der Waals surface area contributed by atoms with Gasteiger partial charge in [0.1, 0.15) is 6.10 Å². The third kappa shape index (κ3) is 3.57. The summed E-state index contributed by atoms with van der Waals surface area (Å²) in [4.78, 5) is 35.8. The molecule has 7 heteroatoms. The van der Waals surface area contributed by atoms with Crippen LogP contribution in [-0.2, 0) is 21.5 Å². The van der Waals surface area contributed by atoms with Gasteiger partial charge in [0.05, 0.1) is 12.2 Å². The molecule has 1 aromatic carbocycles. The topological polar surface area (TPSA) is 84.4 Å². The standard InChI is InChI=1S/C24H22N4O3/c29-22(27-13-17-7-10-25-11-8-17)21-12-24(16-31-21)15-28(20-6-2-1-5-19(20)24)23(30)18-4-3-9-26-14-18/h1-11,14,21H,12-13,15-16H2,(H,27,29)/t21-,24+/m1/s1. The summed E-state index contributed by atoms with van der Waals surface area (Å²) in [5, 5.41) is 2.95. The zero-order valence-corrected chi connectivity index (χ0v) is 16.9. The molecule has 2 atom stereocenters. The largest absolute Gasteiger partial charge is 0.367 e. The van der Waals surface area contributed by atoms with E-state index in [1.165, 1.54) is 0 Å². The molecule has 0 radical (unpaired) electrons. The monoisotopic (exact) mass is 414 g/mol. The number of rotatable bonds is 4. The number of carbonyl (C=O) groups excluding carboxylic acids is 2. The molecule has 2 amide bonds. The van der Waals surface area contributed by atoms with Gasteiger partial charge in [0.2, 0.25) is 5.91 Å². The number of para-hydroxylation sites is 1. The molecule has 31 heavy (non-hydrogen) atoms. The summed E-state index contributed by atoms with van der Waals surface area (Å²) in [6.07, 6.45) is 6.61. The van der Waals surface area contributed by atoms with Crippen molar-refractivity contribution in [2.24, 2.45) is 0 Å². The normalized spacial score (nSPS) is 21.8. The van der Waals surface area contributed by atoms with Gasteiger partial charge in [-0.1, -0.05) is 18.2 Å². The molecule has 1 saturated heterocycles. The fourth-order valence-electron chi connectivity index (χ4n) is 4.46. The first-order valence-electron chi connectivity index (χ1n) is 10.3. The molecule has 1 fully saturated rings. The van der Waals surface area contributed by atoms with Crippen LogP contribution >= 0.6 is 0 Å². The SMILES string of the molecule is O=C(NCc1ccncc1)[C@H]1C[C@@]2(CO1)CN(C(=O)c1cccnc1)c1ccccc12. The van der Waals surface area contributed by atoms with Crippen molar-refractivity contribution in [1.82, 2.24) is 15.3 Å². The van der Waals surface area contributed by atoms with E-state index >= 15 is 0 Å². The number of benzene rings is 1. The molecule has 3 aromatic rings. The first-order chi connectivity index (χ1) is 15.2. The smallest absolute Gasteiger partial charge is 0.259 e. The first kappa shape index (κ1) is 19.4. The van der Waals surface area contributed by atoms with E-state index in [0.717, 1.165) is 16.8 Å². The van der Waals surface area contributed by atoms with Gasteiger partial charge in [-0.2, -0.15) is 0 Å². The molecule has 7 nitrogen and oxygen atoms in total. The van der Waals surface area contributed by atoms with Crippen LogP contribution in [0.1, 0.15) is 27.9 Å². The minimum absolute atomic E-state index is 0.0944. The summed E-state index contributed by atoms with van der Waals surface area (Å²) < 4.78 is 5.96. The third-order valence-electron chi connectivity index (χ3n) is 6.03. The number of hydrogen-bond donors (Lipinski definition) is 1. The van der Waals surface area contributed by atoms with Crippen LogP contribution in [0.4, 0.5) is 5.69 Å². The van der Waals surface area contributed by atoms with Crippen molar-refractivity contribution in [2.75, 3.05) is 18.1 Å². The van der Waals surface area contributed by atoms with Crippen molar-refractivity contribution in [1.29, 1.82) is 0 Å². The summed E-state index contributed by atoms with van der Waals surface area (Å²) in [6.45, 7) is 1.30. The lowest BCUT2D eigenvalue weighted by Gasteiger charge is -2.23. The summed E-state index contributed by atoms with van der Waals surface area (Å²) in [5.74, 6) is -0.230. The lowest BCUT2D eigenvalue weighted by molar-refractivity contribution is -0.130. The molecule has 5 rings (SSSR count). The highest BCUT2D eigenvalue weighted by Gasteiger charge is 2.51. The highest BCUT2D eigenvalue weighted by molar-refractivity contribution is 6.07. The van der Waals surface area contributed by atoms with Crippen LogP contribution < -0.4 is 10.2 Å². The molecular weight excluding hydrogens is 392 g/mol. The number of amides is 2. The lowest BCUT2D eigenvalue weighted by Crippen LogP contribution is -2.39. The average molecular weight is 414 g/mol. The van der Waals surface area contributed by atoms with E-state index in [0.29, 0.717) is 31.7 Å². The Labute approximate surface area is 180 Å². The molecule has 0 bridgehead atoms. The summed E-state index contributed by atoms with van der Waals surface area (Å²) in [5.41, 5.74) is 3.05. The number of nitrogens with one attached hydrogen (secondary N) is 1. The summed E-state index contributed by atoms with van der Waals surface area (Å²) in [6, 6.07) is 15.1. The van der Waals surface area contributed by atoms with Crippen molar-refractivity contribution in [3.05, 3.63) is 90.0 Å². The maximum atomic E-state index is 13.2. The van der Waals surface area contributed by atoms with Gasteiger partial charge in [0, 0.05) is 49.0 Å². The Kier molecular flexibility index (Phi) is 4.95. The first-order valence-corrected chi connectivity index (χ1v) is 10.3. The highest BCUT2D eigenvalue weighted by Crippen LogP contribution is 2.47. The van der Waals surface area contributed by atoms with Crippen LogP contribution in [0.5, 0.6) is 0 Å². The molecule has 0 unspecified atom stereocenters. The molecular formula is C24H22N4O3. The Morgan fingerprint density at radius 1 is 1.06 bits per heavy atom. The second-order valence-electron chi connectivity index (χ2n) is 8.01. The van der Waals surface area contributed by atoms with Crippen molar-refractivity contribution in [2.45, 2.75) is 24.5 Å². The van der Waals surface area contributed by atoms with E-state index < -0.39 is 11.5 Å². The Morgan fingerprint density at radius 2 is 1.90 bits per heavy atom. The van der Waals surface area contributed by atoms with Crippen molar-refractivity contribution < 1.29 is 14.3 Å². The van der Waals surface area contributed by atoms with E-state index in [1.807, 2.05) is 36.4 Å². The zero-order valence-electron chi connectivity index (χ0n) is 16.9. The van der Waals surface area contributed by atoms with Gasteiger partial charge in [0.15, 0.2) is 0 Å². The predicted molar refractivity (Wildman–Crippen MR) is 114 cm³/mol. The van der Waals surface area contributed by atoms with Crippen molar-refractivity contribution in [3.8, 4) is 0 Å². The maximum Gasteiger partial charge on any atom is 0.259 e. The number of anilines is 1. The number of carbonyl (C=O) groups is 2. The van der Waals surface area contributed by atoms with E-state index in [9.17, 15) is 9.59 Å². The molecule has 2 aliphatic rings. The van der Waals surface area contributed by atoms with Gasteiger partial charge >= 0.3 is 0 Å². The molecule has 0 saturated carbocycles. The minimum atomic E-state index is -0.552. The van der Waals surface area contributed by atoms with Gasteiger partial charge in [-0.3, -0.25) is 19.6 Å². The lowest BCUT2D eigenvalue weighted by atomic mass is 9.80. The number of pyridine rings is 2. The molecule has 1 spiro atoms. The Bertz CT molecular complexity index is 1110. The fourth-order valence-corrected chi connectivity index (χ4v) is 4.46. The van der Waals surface area contributed by atoms with Crippen molar-refractivity contribution >= 4 is 17.5 Å². The van der Waals surface area contributed by atoms with E-state index in [2.05, 4.69) is 15.3 Å². The molecule has 156 valence electrons. The molecule has 1 N–H and O–H groups in total. The number of ether oxygens (including phenoxy) is 1. The minimum Gasteiger partial charge on any atom is -0.367 e. The number of aromatic nitrogens is 2. The van der Waals surface area contributed by atoms with Gasteiger partial charge in [0.25, 0.3) is 5.91 Å². The number of hydrogen-bond acceptors (Lipinski definition) is 5. The van der Waals surface area contributed by atoms with Gasteiger partial charge < -0.3 is 15.0 Å². The van der Waals surface area contributed by atoms with Crippen LogP contribution in [0.2, 0.25) is 0 Å². The van der Waals surface area contributed by atoms with E-state index in [4.69, 9.17) is 4.74 Å². The highest BCUT2D eigenvalue weighted by atomic mass is 16.5. The summed E-state index contributed by atoms with van der Waals surface area (Å²) >= 11 is 0. The second-order valence-corrected chi connectivity index (χ2v) is 8.01. The molecule has 2 aromatic heterocycles. The Hall–Kier alpha value is -3.58. The van der Waals surface area contributed by atoms with Crippen LogP contribution in [0.25, 0.3) is 0 Å². The van der Waals surface area contributed by atoms with Gasteiger partial charge in [-0.25, -0.2) is 0 Å². The Morgan fingerprint density at radius 3 is 2.71 bits per heavy atom. The second kappa shape index (κ2) is 7.92. The predicted octanol–water partition coefficient (Wildman–Crippen LogP) is 2.48. The number of fused-ring (bicyclic) bond motifs is 2. The van der Waals surface area contributed by atoms with E-state index in [-0.39, 0.29) is 11.8 Å². The fraction of sp³-hybridized carbons (Fsp3) is 0.250.